The first kappa shape index (κ1) is 13.7. The van der Waals surface area contributed by atoms with Crippen molar-refractivity contribution in [2.24, 2.45) is 10.9 Å². The lowest BCUT2D eigenvalue weighted by Gasteiger charge is -2.24. The number of hydrogen-bond donors (Lipinski definition) is 2. The first-order chi connectivity index (χ1) is 8.78. The van der Waals surface area contributed by atoms with E-state index in [0.717, 1.165) is 11.9 Å². The molecule has 2 saturated carbocycles. The first-order valence-corrected chi connectivity index (χ1v) is 7.78. The molecule has 0 bridgehead atoms. The van der Waals surface area contributed by atoms with E-state index in [-0.39, 0.29) is 0 Å². The molecule has 0 spiro atoms. The van der Waals surface area contributed by atoms with Gasteiger partial charge in [-0.25, -0.2) is 0 Å². The van der Waals surface area contributed by atoms with E-state index < -0.39 is 0 Å². The fraction of sp³-hybridized carbons (Fsp3) is 0.933. The minimum atomic E-state index is 0.539. The molecule has 0 aromatic carbocycles. The highest BCUT2D eigenvalue weighted by Crippen LogP contribution is 2.27. The predicted molar refractivity (Wildman–Crippen MR) is 77.9 cm³/mol. The third-order valence-electron chi connectivity index (χ3n) is 4.26. The highest BCUT2D eigenvalue weighted by atomic mass is 15.2. The Bertz CT molecular complexity index is 265. The fourth-order valence-corrected chi connectivity index (χ4v) is 2.86. The molecule has 2 aliphatic rings. The van der Waals surface area contributed by atoms with Crippen LogP contribution in [0.1, 0.15) is 64.7 Å². The van der Waals surface area contributed by atoms with Crippen LogP contribution in [0.4, 0.5) is 0 Å². The normalized spacial score (nSPS) is 23.8. The molecule has 0 saturated heterocycles. The largest absolute Gasteiger partial charge is 0.354 e. The summed E-state index contributed by atoms with van der Waals surface area (Å²) < 4.78 is 0. The highest BCUT2D eigenvalue weighted by Gasteiger charge is 2.22. The van der Waals surface area contributed by atoms with E-state index in [1.807, 2.05) is 7.05 Å². The van der Waals surface area contributed by atoms with E-state index in [1.54, 1.807) is 0 Å². The molecule has 0 aromatic heterocycles. The standard InChI is InChI=1S/C15H29N3/c1-12(8-9-13-6-4-3-5-7-13)17-15(16-2)18-14-10-11-14/h12-14H,3-11H2,1-2H3,(H2,16,17,18). The molecule has 0 amide bonds. The summed E-state index contributed by atoms with van der Waals surface area (Å²) in [4.78, 5) is 4.30. The number of aliphatic imine (C=N–C) groups is 1. The van der Waals surface area contributed by atoms with Crippen LogP contribution in [0.25, 0.3) is 0 Å². The van der Waals surface area contributed by atoms with Crippen molar-refractivity contribution in [2.45, 2.75) is 76.8 Å². The maximum atomic E-state index is 4.30. The molecule has 0 radical (unpaired) electrons. The summed E-state index contributed by atoms with van der Waals surface area (Å²) in [6.45, 7) is 2.28. The van der Waals surface area contributed by atoms with Crippen LogP contribution in [-0.2, 0) is 0 Å². The van der Waals surface area contributed by atoms with Crippen molar-refractivity contribution in [3.05, 3.63) is 0 Å². The Morgan fingerprint density at radius 3 is 2.50 bits per heavy atom. The third-order valence-corrected chi connectivity index (χ3v) is 4.26. The van der Waals surface area contributed by atoms with Crippen molar-refractivity contribution in [1.29, 1.82) is 0 Å². The van der Waals surface area contributed by atoms with Gasteiger partial charge in [0.05, 0.1) is 0 Å². The van der Waals surface area contributed by atoms with Crippen LogP contribution in [0.2, 0.25) is 0 Å². The van der Waals surface area contributed by atoms with Gasteiger partial charge in [0.1, 0.15) is 0 Å². The molecular formula is C15H29N3. The van der Waals surface area contributed by atoms with E-state index >= 15 is 0 Å². The van der Waals surface area contributed by atoms with Crippen LogP contribution < -0.4 is 10.6 Å². The highest BCUT2D eigenvalue weighted by molar-refractivity contribution is 5.80. The maximum absolute atomic E-state index is 4.30. The van der Waals surface area contributed by atoms with E-state index in [4.69, 9.17) is 0 Å². The molecule has 2 fully saturated rings. The molecule has 18 heavy (non-hydrogen) atoms. The van der Waals surface area contributed by atoms with E-state index in [9.17, 15) is 0 Å². The van der Waals surface area contributed by atoms with Crippen LogP contribution in [0.3, 0.4) is 0 Å². The number of rotatable bonds is 5. The lowest BCUT2D eigenvalue weighted by molar-refractivity contribution is 0.322. The molecule has 2 N–H and O–H groups in total. The average molecular weight is 251 g/mol. The van der Waals surface area contributed by atoms with Gasteiger partial charge in [0.2, 0.25) is 0 Å². The third kappa shape index (κ3) is 4.87. The van der Waals surface area contributed by atoms with Gasteiger partial charge in [-0.15, -0.1) is 0 Å². The molecule has 0 aliphatic heterocycles. The first-order valence-electron chi connectivity index (χ1n) is 7.78. The summed E-state index contributed by atoms with van der Waals surface area (Å²) in [5.74, 6) is 1.98. The Morgan fingerprint density at radius 2 is 1.89 bits per heavy atom. The van der Waals surface area contributed by atoms with Crippen LogP contribution >= 0.6 is 0 Å². The van der Waals surface area contributed by atoms with Crippen molar-refractivity contribution >= 4 is 5.96 Å². The summed E-state index contributed by atoms with van der Waals surface area (Å²) in [6.07, 6.45) is 12.6. The van der Waals surface area contributed by atoms with Crippen molar-refractivity contribution in [2.75, 3.05) is 7.05 Å². The van der Waals surface area contributed by atoms with Crippen molar-refractivity contribution in [1.82, 2.24) is 10.6 Å². The fourth-order valence-electron chi connectivity index (χ4n) is 2.86. The SMILES string of the molecule is CN=C(NC(C)CCC1CCCCC1)NC1CC1. The Labute approximate surface area is 112 Å². The molecule has 3 heteroatoms. The molecule has 2 rings (SSSR count). The molecule has 0 aromatic rings. The second-order valence-electron chi connectivity index (χ2n) is 6.12. The van der Waals surface area contributed by atoms with E-state index in [0.29, 0.717) is 12.1 Å². The summed E-state index contributed by atoms with van der Waals surface area (Å²) in [5.41, 5.74) is 0. The molecule has 1 unspecified atom stereocenters. The minimum absolute atomic E-state index is 0.539. The van der Waals surface area contributed by atoms with Gasteiger partial charge in [-0.05, 0) is 38.5 Å². The molecule has 1 atom stereocenters. The second-order valence-corrected chi connectivity index (χ2v) is 6.12. The molecule has 2 aliphatic carbocycles. The van der Waals surface area contributed by atoms with Crippen molar-refractivity contribution in [3.8, 4) is 0 Å². The van der Waals surface area contributed by atoms with Gasteiger partial charge in [-0.1, -0.05) is 32.1 Å². The van der Waals surface area contributed by atoms with Gasteiger partial charge in [0, 0.05) is 19.1 Å². The maximum Gasteiger partial charge on any atom is 0.191 e. The average Bonchev–Trinajstić information content (AvgIpc) is 3.21. The monoisotopic (exact) mass is 251 g/mol. The number of nitrogens with zero attached hydrogens (tertiary/aromatic N) is 1. The number of hydrogen-bond acceptors (Lipinski definition) is 1. The molecule has 0 heterocycles. The van der Waals surface area contributed by atoms with Crippen LogP contribution in [0.15, 0.2) is 4.99 Å². The Morgan fingerprint density at radius 1 is 1.17 bits per heavy atom. The zero-order valence-corrected chi connectivity index (χ0v) is 12.0. The second kappa shape index (κ2) is 7.01. The Kier molecular flexibility index (Phi) is 5.33. The van der Waals surface area contributed by atoms with Crippen LogP contribution in [-0.4, -0.2) is 25.1 Å². The summed E-state index contributed by atoms with van der Waals surface area (Å²) in [5, 5.41) is 6.96. The van der Waals surface area contributed by atoms with Gasteiger partial charge < -0.3 is 10.6 Å². The molecule has 3 nitrogen and oxygen atoms in total. The molecule has 104 valence electrons. The Hall–Kier alpha value is -0.730. The van der Waals surface area contributed by atoms with Crippen LogP contribution in [0.5, 0.6) is 0 Å². The van der Waals surface area contributed by atoms with Gasteiger partial charge in [-0.3, -0.25) is 4.99 Å². The predicted octanol–water partition coefficient (Wildman–Crippen LogP) is 3.06. The van der Waals surface area contributed by atoms with Crippen molar-refractivity contribution < 1.29 is 0 Å². The van der Waals surface area contributed by atoms with E-state index in [1.165, 1.54) is 57.8 Å². The summed E-state index contributed by atoms with van der Waals surface area (Å²) in [6, 6.07) is 1.22. The van der Waals surface area contributed by atoms with E-state index in [2.05, 4.69) is 22.5 Å². The number of nitrogens with one attached hydrogen (secondary N) is 2. The summed E-state index contributed by atoms with van der Waals surface area (Å²) in [7, 11) is 1.87. The summed E-state index contributed by atoms with van der Waals surface area (Å²) >= 11 is 0. The quantitative estimate of drug-likeness (QED) is 0.582. The van der Waals surface area contributed by atoms with Gasteiger partial charge in [0.15, 0.2) is 5.96 Å². The molecular weight excluding hydrogens is 222 g/mol. The minimum Gasteiger partial charge on any atom is -0.354 e. The lowest BCUT2D eigenvalue weighted by atomic mass is 9.85. The zero-order chi connectivity index (χ0) is 12.8. The van der Waals surface area contributed by atoms with Gasteiger partial charge >= 0.3 is 0 Å². The van der Waals surface area contributed by atoms with Gasteiger partial charge in [-0.2, -0.15) is 0 Å². The smallest absolute Gasteiger partial charge is 0.191 e. The van der Waals surface area contributed by atoms with Crippen LogP contribution in [0, 0.1) is 5.92 Å². The topological polar surface area (TPSA) is 36.4 Å². The number of guanidine groups is 1. The Balaban J connectivity index is 1.62. The zero-order valence-electron chi connectivity index (χ0n) is 12.0. The van der Waals surface area contributed by atoms with Gasteiger partial charge in [0.25, 0.3) is 0 Å². The lowest BCUT2D eigenvalue weighted by Crippen LogP contribution is -2.43. The van der Waals surface area contributed by atoms with Crippen molar-refractivity contribution in [3.63, 3.8) is 0 Å².